The Morgan fingerprint density at radius 3 is 2.56 bits per heavy atom. The largest absolute Gasteiger partial charge is 0.404 e. The highest BCUT2D eigenvalue weighted by Crippen LogP contribution is 2.33. The third-order valence-electron chi connectivity index (χ3n) is 8.66. The third kappa shape index (κ3) is 7.73. The van der Waals surface area contributed by atoms with Crippen LogP contribution in [0.5, 0.6) is 0 Å². The number of pyridine rings is 2. The second-order valence-corrected chi connectivity index (χ2v) is 14.5. The van der Waals surface area contributed by atoms with Gasteiger partial charge >= 0.3 is 0 Å². The molecule has 2 aliphatic heterocycles. The molecule has 1 saturated heterocycles. The Morgan fingerprint density at radius 1 is 1.02 bits per heavy atom. The van der Waals surface area contributed by atoms with Gasteiger partial charge in [-0.05, 0) is 110 Å². The van der Waals surface area contributed by atoms with Crippen LogP contribution in [0, 0.1) is 5.82 Å². The third-order valence-corrected chi connectivity index (χ3v) is 9.33. The number of halogens is 1. The molecule has 0 atom stereocenters. The first kappa shape index (κ1) is 33.3. The van der Waals surface area contributed by atoms with E-state index in [9.17, 15) is 12.8 Å². The van der Waals surface area contributed by atoms with Crippen LogP contribution < -0.4 is 15.9 Å². The van der Waals surface area contributed by atoms with Gasteiger partial charge in [0.25, 0.3) is 0 Å². The van der Waals surface area contributed by atoms with Gasteiger partial charge in [0.05, 0.1) is 30.2 Å². The summed E-state index contributed by atoms with van der Waals surface area (Å²) in [6.07, 6.45) is 15.8. The van der Waals surface area contributed by atoms with Crippen molar-refractivity contribution in [2.75, 3.05) is 25.9 Å². The zero-order valence-electron chi connectivity index (χ0n) is 27.5. The highest BCUT2D eigenvalue weighted by Gasteiger charge is 2.23. The standard InChI is InChI=1S/C36H41FN8O2S/c1-23(2)30(27-10-25(16-39-18-27)22-45-7-5-4-6-8-45)13-31-28(15-38)19-41-44-36(31)34-14-32-33(20-40-21-35(32)43-34)26-9-24(11-29(37)12-26)17-42-48(3,46)47/h9-16,18,20-21,41-43H,4-8,17,19,22,38H2,1-3H3/b28-15-,31-13+. The lowest BCUT2D eigenvalue weighted by Crippen LogP contribution is -2.29. The number of piperidine rings is 1. The molecule has 1 fully saturated rings. The molecule has 6 rings (SSSR count). The maximum absolute atomic E-state index is 14.8. The molecule has 0 saturated carbocycles. The summed E-state index contributed by atoms with van der Waals surface area (Å²) in [5, 5.41) is 5.55. The first-order chi connectivity index (χ1) is 23.1. The average Bonchev–Trinajstić information content (AvgIpc) is 3.50. The molecule has 4 aromatic rings. The van der Waals surface area contributed by atoms with E-state index in [-0.39, 0.29) is 6.54 Å². The van der Waals surface area contributed by atoms with Crippen LogP contribution >= 0.6 is 0 Å². The van der Waals surface area contributed by atoms with Crippen LogP contribution in [0.15, 0.2) is 89.2 Å². The number of benzene rings is 1. The highest BCUT2D eigenvalue weighted by molar-refractivity contribution is 7.88. The number of fused-ring (bicyclic) bond motifs is 1. The molecule has 0 amide bonds. The summed E-state index contributed by atoms with van der Waals surface area (Å²) >= 11 is 0. The van der Waals surface area contributed by atoms with Crippen molar-refractivity contribution < 1.29 is 12.8 Å². The van der Waals surface area contributed by atoms with Crippen molar-refractivity contribution in [1.29, 1.82) is 0 Å². The Balaban J connectivity index is 1.38. The monoisotopic (exact) mass is 668 g/mol. The van der Waals surface area contributed by atoms with Crippen molar-refractivity contribution in [3.8, 4) is 11.1 Å². The Hall–Kier alpha value is -4.65. The summed E-state index contributed by atoms with van der Waals surface area (Å²) in [6, 6.07) is 8.70. The van der Waals surface area contributed by atoms with Gasteiger partial charge in [0.2, 0.25) is 10.0 Å². The summed E-state index contributed by atoms with van der Waals surface area (Å²) in [5.74, 6) is -0.474. The number of rotatable bonds is 9. The van der Waals surface area contributed by atoms with Gasteiger partial charge in [0.15, 0.2) is 0 Å². The lowest BCUT2D eigenvalue weighted by Gasteiger charge is -2.26. The molecule has 2 aliphatic rings. The van der Waals surface area contributed by atoms with Crippen molar-refractivity contribution in [2.45, 2.75) is 46.2 Å². The zero-order valence-corrected chi connectivity index (χ0v) is 28.3. The van der Waals surface area contributed by atoms with Gasteiger partial charge in [0.1, 0.15) is 11.5 Å². The first-order valence-electron chi connectivity index (χ1n) is 16.1. The number of aromatic amines is 1. The quantitative estimate of drug-likeness (QED) is 0.188. The number of aromatic nitrogens is 3. The number of nitrogens with zero attached hydrogens (tertiary/aromatic N) is 4. The van der Waals surface area contributed by atoms with Crippen LogP contribution in [0.2, 0.25) is 0 Å². The first-order valence-corrected chi connectivity index (χ1v) is 18.0. The van der Waals surface area contributed by atoms with E-state index >= 15 is 0 Å². The van der Waals surface area contributed by atoms with Crippen LogP contribution in [0.4, 0.5) is 4.39 Å². The smallest absolute Gasteiger partial charge is 0.209 e. The number of allylic oxidation sites excluding steroid dienone is 3. The maximum Gasteiger partial charge on any atom is 0.209 e. The summed E-state index contributed by atoms with van der Waals surface area (Å²) < 4.78 is 40.5. The molecule has 5 N–H and O–H groups in total. The minimum absolute atomic E-state index is 0.0282. The minimum atomic E-state index is -3.45. The zero-order chi connectivity index (χ0) is 33.8. The number of hydrazone groups is 1. The maximum atomic E-state index is 14.8. The number of sulfonamides is 1. The van der Waals surface area contributed by atoms with Crippen LogP contribution in [-0.2, 0) is 23.1 Å². The van der Waals surface area contributed by atoms with E-state index in [1.165, 1.54) is 37.0 Å². The van der Waals surface area contributed by atoms with Gasteiger partial charge < -0.3 is 16.1 Å². The molecule has 12 heteroatoms. The number of nitrogens with one attached hydrogen (secondary N) is 3. The van der Waals surface area contributed by atoms with Crippen molar-refractivity contribution in [3.05, 3.63) is 112 Å². The van der Waals surface area contributed by atoms with E-state index in [4.69, 9.17) is 10.8 Å². The molecular formula is C36H41FN8O2S. The molecule has 250 valence electrons. The molecule has 0 aliphatic carbocycles. The molecule has 48 heavy (non-hydrogen) atoms. The summed E-state index contributed by atoms with van der Waals surface area (Å²) in [4.78, 5) is 15.0. The second kappa shape index (κ2) is 14.2. The predicted molar refractivity (Wildman–Crippen MR) is 190 cm³/mol. The number of nitrogens with two attached hydrogens (primary N) is 1. The fourth-order valence-corrected chi connectivity index (χ4v) is 6.74. The molecule has 1 aromatic carbocycles. The van der Waals surface area contributed by atoms with Gasteiger partial charge in [-0.25, -0.2) is 17.5 Å². The highest BCUT2D eigenvalue weighted by atomic mass is 32.2. The van der Waals surface area contributed by atoms with E-state index in [0.29, 0.717) is 28.9 Å². The number of likely N-dealkylation sites (tertiary alicyclic amines) is 1. The number of hydrogen-bond donors (Lipinski definition) is 4. The normalized spacial score (nSPS) is 17.5. The average molecular weight is 669 g/mol. The van der Waals surface area contributed by atoms with Crippen molar-refractivity contribution in [3.63, 3.8) is 0 Å². The molecule has 3 aromatic heterocycles. The summed E-state index contributed by atoms with van der Waals surface area (Å²) in [5.41, 5.74) is 19.4. The van der Waals surface area contributed by atoms with E-state index in [0.717, 1.165) is 70.3 Å². The summed E-state index contributed by atoms with van der Waals surface area (Å²) in [6.45, 7) is 7.73. The summed E-state index contributed by atoms with van der Waals surface area (Å²) in [7, 11) is -3.45. The molecule has 0 bridgehead atoms. The molecule has 0 unspecified atom stereocenters. The van der Waals surface area contributed by atoms with E-state index in [1.54, 1.807) is 24.7 Å². The SMILES string of the molecule is CC(C)=C(/C=C1/C(c2cc3c(-c4cc(F)cc(CNS(C)(=O)=O)c4)cncc3[nH]2)=NNC/C1=C/N)c1cncc(CN2CCCCC2)c1. The van der Waals surface area contributed by atoms with Crippen LogP contribution in [0.25, 0.3) is 27.6 Å². The van der Waals surface area contributed by atoms with Gasteiger partial charge in [-0.1, -0.05) is 12.0 Å². The van der Waals surface area contributed by atoms with Crippen molar-refractivity contribution in [1.82, 2.24) is 30.0 Å². The van der Waals surface area contributed by atoms with Gasteiger partial charge in [-0.2, -0.15) is 5.10 Å². The topological polar surface area (TPSA) is 141 Å². The number of H-pyrrole nitrogens is 1. The van der Waals surface area contributed by atoms with Crippen LogP contribution in [0.3, 0.4) is 0 Å². The van der Waals surface area contributed by atoms with Gasteiger partial charge in [-0.3, -0.25) is 14.9 Å². The number of hydrogen-bond acceptors (Lipinski definition) is 8. The van der Waals surface area contributed by atoms with Gasteiger partial charge in [0, 0.05) is 53.8 Å². The fraction of sp³-hybridized carbons (Fsp3) is 0.306. The van der Waals surface area contributed by atoms with E-state index in [2.05, 4.69) is 56.0 Å². The van der Waals surface area contributed by atoms with Crippen LogP contribution in [0.1, 0.15) is 55.5 Å². The Bertz CT molecular complexity index is 2070. The predicted octanol–water partition coefficient (Wildman–Crippen LogP) is 5.37. The van der Waals surface area contributed by atoms with E-state index in [1.807, 2.05) is 18.5 Å². The molecule has 0 radical (unpaired) electrons. The minimum Gasteiger partial charge on any atom is -0.404 e. The Morgan fingerprint density at radius 2 is 1.81 bits per heavy atom. The molecule has 5 heterocycles. The van der Waals surface area contributed by atoms with E-state index < -0.39 is 15.8 Å². The Labute approximate surface area is 280 Å². The van der Waals surface area contributed by atoms with Gasteiger partial charge in [-0.15, -0.1) is 0 Å². The second-order valence-electron chi connectivity index (χ2n) is 12.7. The fourth-order valence-electron chi connectivity index (χ4n) is 6.32. The molecule has 0 spiro atoms. The van der Waals surface area contributed by atoms with Crippen molar-refractivity contribution in [2.24, 2.45) is 10.8 Å². The molecular weight excluding hydrogens is 628 g/mol. The lowest BCUT2D eigenvalue weighted by molar-refractivity contribution is 0.220. The lowest BCUT2D eigenvalue weighted by atomic mass is 9.92. The molecule has 10 nitrogen and oxygen atoms in total. The Kier molecular flexibility index (Phi) is 9.86. The van der Waals surface area contributed by atoms with Crippen LogP contribution in [-0.4, -0.2) is 59.9 Å². The van der Waals surface area contributed by atoms with Crippen molar-refractivity contribution >= 4 is 32.2 Å².